The summed E-state index contributed by atoms with van der Waals surface area (Å²) in [5.41, 5.74) is 7.93. The Hall–Kier alpha value is -1.55. The Kier molecular flexibility index (Phi) is 3.10. The fraction of sp³-hybridized carbons (Fsp3) is 0.417. The highest BCUT2D eigenvalue weighted by molar-refractivity contribution is 5.17. The normalized spacial score (nSPS) is 10.9. The molecule has 0 amide bonds. The van der Waals surface area contributed by atoms with E-state index in [-0.39, 0.29) is 0 Å². The van der Waals surface area contributed by atoms with Crippen molar-refractivity contribution in [3.8, 4) is 0 Å². The Morgan fingerprint density at radius 1 is 1.44 bits per heavy atom. The Bertz CT molecular complexity index is 457. The molecule has 2 aromatic rings. The summed E-state index contributed by atoms with van der Waals surface area (Å²) >= 11 is 0. The van der Waals surface area contributed by atoms with Crippen molar-refractivity contribution in [1.82, 2.24) is 9.55 Å². The van der Waals surface area contributed by atoms with Crippen molar-refractivity contribution in [2.45, 2.75) is 26.3 Å². The van der Waals surface area contributed by atoms with Gasteiger partial charge in [-0.2, -0.15) is 0 Å². The largest absolute Gasteiger partial charge is 0.469 e. The fourth-order valence-corrected chi connectivity index (χ4v) is 1.88. The van der Waals surface area contributed by atoms with Crippen LogP contribution in [0.1, 0.15) is 23.0 Å². The molecular weight excluding hydrogens is 202 g/mol. The fourth-order valence-electron chi connectivity index (χ4n) is 1.88. The summed E-state index contributed by atoms with van der Waals surface area (Å²) in [6.07, 6.45) is 3.45. The van der Waals surface area contributed by atoms with E-state index in [4.69, 9.17) is 10.2 Å². The van der Waals surface area contributed by atoms with Gasteiger partial charge in [-0.25, -0.2) is 4.98 Å². The van der Waals surface area contributed by atoms with E-state index in [1.807, 2.05) is 26.1 Å². The zero-order chi connectivity index (χ0) is 11.5. The number of hydrogen-bond donors (Lipinski definition) is 1. The van der Waals surface area contributed by atoms with Crippen LogP contribution in [0.15, 0.2) is 22.8 Å². The van der Waals surface area contributed by atoms with Crippen LogP contribution in [0.25, 0.3) is 0 Å². The van der Waals surface area contributed by atoms with Crippen molar-refractivity contribution in [2.24, 2.45) is 12.8 Å². The van der Waals surface area contributed by atoms with Crippen LogP contribution in [-0.4, -0.2) is 9.55 Å². The van der Waals surface area contributed by atoms with Crippen molar-refractivity contribution in [3.63, 3.8) is 0 Å². The lowest BCUT2D eigenvalue weighted by Gasteiger charge is -2.02. The number of hydrogen-bond acceptors (Lipinski definition) is 3. The smallest absolute Gasteiger partial charge is 0.105 e. The molecule has 2 aromatic heterocycles. The van der Waals surface area contributed by atoms with Crippen molar-refractivity contribution >= 4 is 0 Å². The van der Waals surface area contributed by atoms with E-state index in [1.54, 1.807) is 6.26 Å². The first-order valence-electron chi connectivity index (χ1n) is 5.46. The predicted molar refractivity (Wildman–Crippen MR) is 62.0 cm³/mol. The maximum atomic E-state index is 5.73. The van der Waals surface area contributed by atoms with E-state index >= 15 is 0 Å². The van der Waals surface area contributed by atoms with Crippen LogP contribution in [0, 0.1) is 6.92 Å². The molecular formula is C12H17N3O. The first kappa shape index (κ1) is 11.0. The number of furan rings is 1. The van der Waals surface area contributed by atoms with Gasteiger partial charge in [-0.05, 0) is 25.5 Å². The average Bonchev–Trinajstić information content (AvgIpc) is 2.86. The molecule has 0 unspecified atom stereocenters. The maximum Gasteiger partial charge on any atom is 0.105 e. The van der Waals surface area contributed by atoms with E-state index in [9.17, 15) is 0 Å². The van der Waals surface area contributed by atoms with Crippen LogP contribution in [0.3, 0.4) is 0 Å². The lowest BCUT2D eigenvalue weighted by molar-refractivity contribution is 0.507. The van der Waals surface area contributed by atoms with Gasteiger partial charge in [0.15, 0.2) is 0 Å². The van der Waals surface area contributed by atoms with Crippen LogP contribution in [0.4, 0.5) is 0 Å². The molecule has 0 atom stereocenters. The quantitative estimate of drug-likeness (QED) is 0.849. The van der Waals surface area contributed by atoms with E-state index in [0.29, 0.717) is 6.54 Å². The molecule has 0 fully saturated rings. The molecule has 4 heteroatoms. The first-order chi connectivity index (χ1) is 7.72. The highest BCUT2D eigenvalue weighted by Crippen LogP contribution is 2.13. The molecule has 0 aromatic carbocycles. The standard InChI is InChI=1S/C12H17N3O/c1-9-14-11(12(8-13)15(9)2)6-5-10-4-3-7-16-10/h3-4,7H,5-6,8,13H2,1-2H3. The summed E-state index contributed by atoms with van der Waals surface area (Å²) < 4.78 is 7.35. The number of nitrogens with zero attached hydrogens (tertiary/aromatic N) is 2. The molecule has 0 radical (unpaired) electrons. The lowest BCUT2D eigenvalue weighted by atomic mass is 10.1. The van der Waals surface area contributed by atoms with Crippen LogP contribution in [0.2, 0.25) is 0 Å². The minimum absolute atomic E-state index is 0.533. The average molecular weight is 219 g/mol. The van der Waals surface area contributed by atoms with Crippen molar-refractivity contribution < 1.29 is 4.42 Å². The zero-order valence-electron chi connectivity index (χ0n) is 9.73. The SMILES string of the molecule is Cc1nc(CCc2ccco2)c(CN)n1C. The number of imidazole rings is 1. The monoisotopic (exact) mass is 219 g/mol. The third kappa shape index (κ3) is 2.02. The summed E-state index contributed by atoms with van der Waals surface area (Å²) in [4.78, 5) is 4.52. The van der Waals surface area contributed by atoms with Crippen LogP contribution >= 0.6 is 0 Å². The Morgan fingerprint density at radius 3 is 2.88 bits per heavy atom. The van der Waals surface area contributed by atoms with Crippen LogP contribution < -0.4 is 5.73 Å². The molecule has 0 saturated heterocycles. The van der Waals surface area contributed by atoms with Crippen molar-refractivity contribution in [1.29, 1.82) is 0 Å². The topological polar surface area (TPSA) is 57.0 Å². The number of aryl methyl sites for hydroxylation is 3. The number of aromatic nitrogens is 2. The molecule has 0 aliphatic carbocycles. The van der Waals surface area contributed by atoms with E-state index in [1.165, 1.54) is 0 Å². The van der Waals surface area contributed by atoms with Gasteiger partial charge in [0.25, 0.3) is 0 Å². The first-order valence-corrected chi connectivity index (χ1v) is 5.46. The minimum atomic E-state index is 0.533. The van der Waals surface area contributed by atoms with Gasteiger partial charge < -0.3 is 14.7 Å². The lowest BCUT2D eigenvalue weighted by Crippen LogP contribution is -2.07. The predicted octanol–water partition coefficient (Wildman–Crippen LogP) is 1.57. The summed E-state index contributed by atoms with van der Waals surface area (Å²) in [5.74, 6) is 2.00. The van der Waals surface area contributed by atoms with Gasteiger partial charge in [-0.1, -0.05) is 0 Å². The molecule has 86 valence electrons. The Labute approximate surface area is 95.1 Å². The molecule has 16 heavy (non-hydrogen) atoms. The molecule has 0 saturated carbocycles. The van der Waals surface area contributed by atoms with Crippen molar-refractivity contribution in [3.05, 3.63) is 41.4 Å². The third-order valence-corrected chi connectivity index (χ3v) is 2.90. The molecule has 0 aliphatic rings. The molecule has 0 aliphatic heterocycles. The third-order valence-electron chi connectivity index (χ3n) is 2.90. The second-order valence-electron chi connectivity index (χ2n) is 3.89. The molecule has 0 spiro atoms. The molecule has 2 N–H and O–H groups in total. The van der Waals surface area contributed by atoms with Gasteiger partial charge in [-0.3, -0.25) is 0 Å². The molecule has 2 rings (SSSR count). The second kappa shape index (κ2) is 4.53. The molecule has 0 bridgehead atoms. The Morgan fingerprint density at radius 2 is 2.25 bits per heavy atom. The molecule has 2 heterocycles. The summed E-state index contributed by atoms with van der Waals surface area (Å²) in [5, 5.41) is 0. The highest BCUT2D eigenvalue weighted by Gasteiger charge is 2.10. The van der Waals surface area contributed by atoms with Gasteiger partial charge in [0.05, 0.1) is 17.7 Å². The van der Waals surface area contributed by atoms with Gasteiger partial charge >= 0.3 is 0 Å². The highest BCUT2D eigenvalue weighted by atomic mass is 16.3. The number of nitrogens with two attached hydrogens (primary N) is 1. The van der Waals surface area contributed by atoms with E-state index < -0.39 is 0 Å². The summed E-state index contributed by atoms with van der Waals surface area (Å²) in [7, 11) is 2.00. The summed E-state index contributed by atoms with van der Waals surface area (Å²) in [6, 6.07) is 3.89. The Balaban J connectivity index is 2.12. The minimum Gasteiger partial charge on any atom is -0.469 e. The van der Waals surface area contributed by atoms with Crippen LogP contribution in [0.5, 0.6) is 0 Å². The zero-order valence-corrected chi connectivity index (χ0v) is 9.73. The van der Waals surface area contributed by atoms with Gasteiger partial charge in [-0.15, -0.1) is 0 Å². The van der Waals surface area contributed by atoms with Gasteiger partial charge in [0.2, 0.25) is 0 Å². The molecule has 4 nitrogen and oxygen atoms in total. The van der Waals surface area contributed by atoms with Gasteiger partial charge in [0.1, 0.15) is 11.6 Å². The van der Waals surface area contributed by atoms with Crippen LogP contribution in [-0.2, 0) is 26.4 Å². The summed E-state index contributed by atoms with van der Waals surface area (Å²) in [6.45, 7) is 2.53. The number of rotatable bonds is 4. The van der Waals surface area contributed by atoms with E-state index in [2.05, 4.69) is 9.55 Å². The van der Waals surface area contributed by atoms with Crippen molar-refractivity contribution in [2.75, 3.05) is 0 Å². The second-order valence-corrected chi connectivity index (χ2v) is 3.89. The van der Waals surface area contributed by atoms with E-state index in [0.717, 1.165) is 35.8 Å². The maximum absolute atomic E-state index is 5.73. The van der Waals surface area contributed by atoms with Gasteiger partial charge in [0, 0.05) is 20.0 Å².